The number of alkyl halides is 3. The minimum atomic E-state index is -4.64. The monoisotopic (exact) mass is 804 g/mol. The van der Waals surface area contributed by atoms with Crippen LogP contribution in [0.4, 0.5) is 13.2 Å². The molecular weight excluding hydrogens is 756 g/mol. The molecule has 4 atom stereocenters. The van der Waals surface area contributed by atoms with Crippen molar-refractivity contribution in [2.24, 2.45) is 10.2 Å². The molecule has 10 nitrogen and oxygen atoms in total. The predicted octanol–water partition coefficient (Wildman–Crippen LogP) is 10.4. The number of methoxy groups -OCH3 is 2. The molecule has 1 saturated heterocycles. The topological polar surface area (TPSA) is 107 Å². The number of benzene rings is 4. The van der Waals surface area contributed by atoms with Crippen molar-refractivity contribution in [2.75, 3.05) is 27.4 Å². The molecular formula is C43H48F3N4O6P. The molecule has 0 N–H and O–H groups in total. The quantitative estimate of drug-likeness (QED) is 0.0556. The van der Waals surface area contributed by atoms with Gasteiger partial charge in [-0.15, -0.1) is 10.2 Å². The zero-order chi connectivity index (χ0) is 40.8. The lowest BCUT2D eigenvalue weighted by atomic mass is 9.80. The molecule has 6 rings (SSSR count). The van der Waals surface area contributed by atoms with Crippen LogP contribution in [0.15, 0.2) is 113 Å². The van der Waals surface area contributed by atoms with E-state index in [0.29, 0.717) is 23.5 Å². The van der Waals surface area contributed by atoms with Gasteiger partial charge in [0.05, 0.1) is 52.1 Å². The summed E-state index contributed by atoms with van der Waals surface area (Å²) >= 11 is 0. The molecule has 14 heteroatoms. The van der Waals surface area contributed by atoms with Crippen molar-refractivity contribution < 1.29 is 41.2 Å². The first-order chi connectivity index (χ1) is 27.4. The fraction of sp³-hybridized carbons (Fsp3) is 0.419. The Balaban J connectivity index is 1.39. The molecule has 0 saturated carbocycles. The van der Waals surface area contributed by atoms with Gasteiger partial charge >= 0.3 is 11.8 Å². The Kier molecular flexibility index (Phi) is 13.3. The summed E-state index contributed by atoms with van der Waals surface area (Å²) in [6.07, 6.45) is -5.87. The minimum absolute atomic E-state index is 0.0475. The first-order valence-electron chi connectivity index (χ1n) is 18.9. The van der Waals surface area contributed by atoms with E-state index in [2.05, 4.69) is 48.7 Å². The van der Waals surface area contributed by atoms with Crippen molar-refractivity contribution in [3.63, 3.8) is 0 Å². The molecule has 57 heavy (non-hydrogen) atoms. The second kappa shape index (κ2) is 18.0. The van der Waals surface area contributed by atoms with Gasteiger partial charge in [-0.25, -0.2) is 4.67 Å². The summed E-state index contributed by atoms with van der Waals surface area (Å²) in [5.41, 5.74) is -0.519. The second-order valence-corrected chi connectivity index (χ2v) is 15.8. The smallest absolute Gasteiger partial charge is 0.442 e. The Morgan fingerprint density at radius 2 is 1.37 bits per heavy atom. The maximum absolute atomic E-state index is 13.8. The van der Waals surface area contributed by atoms with Crippen molar-refractivity contribution in [1.82, 2.24) is 4.67 Å². The summed E-state index contributed by atoms with van der Waals surface area (Å²) in [6.45, 7) is 8.48. The van der Waals surface area contributed by atoms with E-state index in [1.807, 2.05) is 78.9 Å². The van der Waals surface area contributed by atoms with E-state index < -0.39 is 44.3 Å². The third-order valence-electron chi connectivity index (χ3n) is 10.1. The molecule has 2 aliphatic heterocycles. The fourth-order valence-corrected chi connectivity index (χ4v) is 9.01. The number of nitrogens with zero attached hydrogens (tertiary/aromatic N) is 4. The zero-order valence-corrected chi connectivity index (χ0v) is 33.7. The zero-order valence-electron chi connectivity index (χ0n) is 32.8. The summed E-state index contributed by atoms with van der Waals surface area (Å²) in [4.78, 5) is 0. The van der Waals surface area contributed by atoms with Gasteiger partial charge in [-0.2, -0.15) is 18.4 Å². The predicted molar refractivity (Wildman–Crippen MR) is 210 cm³/mol. The van der Waals surface area contributed by atoms with Crippen LogP contribution in [0, 0.1) is 11.3 Å². The van der Waals surface area contributed by atoms with E-state index in [4.69, 9.17) is 28.0 Å². The lowest BCUT2D eigenvalue weighted by Crippen LogP contribution is -2.39. The first kappa shape index (κ1) is 42.2. The van der Waals surface area contributed by atoms with Crippen LogP contribution in [-0.2, 0) is 29.8 Å². The molecule has 2 heterocycles. The highest BCUT2D eigenvalue weighted by atomic mass is 31.2. The second-order valence-electron chi connectivity index (χ2n) is 14.4. The van der Waals surface area contributed by atoms with E-state index >= 15 is 0 Å². The average molecular weight is 805 g/mol. The van der Waals surface area contributed by atoms with Gasteiger partial charge in [-0.05, 0) is 74.2 Å². The summed E-state index contributed by atoms with van der Waals surface area (Å²) in [5.74, 6) is 1.37. The SMILES string of the molecule is COc1ccc(C(OC[C@H]2O[C@@H](c3ccc(C4(C(F)(F)F)N=N4)cc3)C[C@@H]2OP(OCCC#N)N(C(C)C)C(C)C)(c2ccccc2)c2ccc(OC)cc2)cc1. The van der Waals surface area contributed by atoms with Crippen LogP contribution in [0.2, 0.25) is 0 Å². The van der Waals surface area contributed by atoms with Crippen LogP contribution in [0.3, 0.4) is 0 Å². The highest BCUT2D eigenvalue weighted by Crippen LogP contribution is 2.54. The van der Waals surface area contributed by atoms with Gasteiger partial charge in [-0.1, -0.05) is 78.9 Å². The van der Waals surface area contributed by atoms with Crippen LogP contribution < -0.4 is 9.47 Å². The molecule has 1 unspecified atom stereocenters. The van der Waals surface area contributed by atoms with Gasteiger partial charge in [0.2, 0.25) is 0 Å². The molecule has 0 amide bonds. The van der Waals surface area contributed by atoms with Gasteiger partial charge < -0.3 is 28.0 Å². The van der Waals surface area contributed by atoms with Crippen LogP contribution in [0.1, 0.15) is 74.5 Å². The minimum Gasteiger partial charge on any atom is -0.497 e. The molecule has 0 bridgehead atoms. The summed E-state index contributed by atoms with van der Waals surface area (Å²) in [5, 5.41) is 16.0. The number of hydrogen-bond acceptors (Lipinski definition) is 10. The Morgan fingerprint density at radius 3 is 1.84 bits per heavy atom. The molecule has 2 aliphatic rings. The number of halogens is 3. The van der Waals surface area contributed by atoms with Crippen molar-refractivity contribution in [2.45, 2.75) is 88.4 Å². The highest BCUT2D eigenvalue weighted by molar-refractivity contribution is 7.44. The van der Waals surface area contributed by atoms with Crippen LogP contribution >= 0.6 is 8.53 Å². The summed E-state index contributed by atoms with van der Waals surface area (Å²) in [7, 11) is 1.55. The maximum Gasteiger partial charge on any atom is 0.442 e. The Morgan fingerprint density at radius 1 is 0.825 bits per heavy atom. The van der Waals surface area contributed by atoms with Gasteiger partial charge in [0.15, 0.2) is 0 Å². The number of hydrogen-bond donors (Lipinski definition) is 0. The Hall–Kier alpha value is -4.41. The Labute approximate surface area is 333 Å². The summed E-state index contributed by atoms with van der Waals surface area (Å²) in [6, 6.07) is 33.6. The normalized spacial score (nSPS) is 19.5. The molecule has 4 aromatic carbocycles. The molecule has 1 fully saturated rings. The lowest BCUT2D eigenvalue weighted by molar-refractivity contribution is -0.166. The molecule has 0 spiro atoms. The van der Waals surface area contributed by atoms with Crippen LogP contribution in [0.5, 0.6) is 11.5 Å². The maximum atomic E-state index is 13.8. The van der Waals surface area contributed by atoms with E-state index in [1.165, 1.54) is 12.1 Å². The standard InChI is InChI=1S/C43H48F3N4O6P/c1-29(2)50(30(3)4)57(54-26-10-25-47)56-39-27-38(31-13-15-35(16-14-31)42(48-49-42)43(44,45)46)55-40(39)28-53-41(32-11-8-7-9-12-32,33-17-21-36(51-5)22-18-33)34-19-23-37(52-6)24-20-34/h7-9,11-24,29-30,38-40H,10,26-28H2,1-6H3/t38-,39+,40-,57?/m1/s1. The van der Waals surface area contributed by atoms with Crippen molar-refractivity contribution in [3.8, 4) is 17.6 Å². The van der Waals surface area contributed by atoms with Gasteiger partial charge in [-0.3, -0.25) is 0 Å². The largest absolute Gasteiger partial charge is 0.497 e. The molecule has 4 aromatic rings. The third kappa shape index (κ3) is 9.02. The molecule has 0 aromatic heterocycles. The van der Waals surface area contributed by atoms with E-state index in [1.54, 1.807) is 26.4 Å². The number of nitriles is 1. The fourth-order valence-electron chi connectivity index (χ4n) is 7.25. The molecule has 0 aliphatic carbocycles. The highest BCUT2D eigenvalue weighted by Gasteiger charge is 2.65. The van der Waals surface area contributed by atoms with Gasteiger partial charge in [0.25, 0.3) is 8.53 Å². The Bertz CT molecular complexity index is 1910. The average Bonchev–Trinajstić information content (AvgIpc) is 3.95. The lowest BCUT2D eigenvalue weighted by Gasteiger charge is -2.39. The van der Waals surface area contributed by atoms with Gasteiger partial charge in [0, 0.05) is 24.1 Å². The summed E-state index contributed by atoms with van der Waals surface area (Å²) < 4.78 is 82.0. The molecule has 0 radical (unpaired) electrons. The van der Waals surface area contributed by atoms with Gasteiger partial charge in [0.1, 0.15) is 23.2 Å². The van der Waals surface area contributed by atoms with E-state index in [0.717, 1.165) is 16.7 Å². The van der Waals surface area contributed by atoms with Crippen molar-refractivity contribution in [3.05, 3.63) is 131 Å². The van der Waals surface area contributed by atoms with Crippen molar-refractivity contribution >= 4 is 8.53 Å². The van der Waals surface area contributed by atoms with Crippen LogP contribution in [-0.4, -0.2) is 62.6 Å². The van der Waals surface area contributed by atoms with E-state index in [-0.39, 0.29) is 37.3 Å². The third-order valence-corrected chi connectivity index (χ3v) is 12.3. The number of ether oxygens (including phenoxy) is 4. The van der Waals surface area contributed by atoms with E-state index in [9.17, 15) is 18.4 Å². The van der Waals surface area contributed by atoms with Crippen LogP contribution in [0.25, 0.3) is 0 Å². The number of rotatable bonds is 18. The first-order valence-corrected chi connectivity index (χ1v) is 20.0. The van der Waals surface area contributed by atoms with Crippen molar-refractivity contribution in [1.29, 1.82) is 5.26 Å². The molecule has 302 valence electrons.